The lowest BCUT2D eigenvalue weighted by Gasteiger charge is -2.17. The fourth-order valence-electron chi connectivity index (χ4n) is 3.21. The van der Waals surface area contributed by atoms with Gasteiger partial charge in [0, 0.05) is 14.9 Å². The molecule has 4 nitrogen and oxygen atoms in total. The van der Waals surface area contributed by atoms with Gasteiger partial charge < -0.3 is 0 Å². The van der Waals surface area contributed by atoms with E-state index >= 15 is 0 Å². The molecule has 1 unspecified atom stereocenters. The largest absolute Gasteiger partial charge is 0.279 e. The summed E-state index contributed by atoms with van der Waals surface area (Å²) in [7, 11) is 0. The van der Waals surface area contributed by atoms with Crippen LogP contribution in [0.3, 0.4) is 0 Å². The van der Waals surface area contributed by atoms with Crippen molar-refractivity contribution >= 4 is 44.8 Å². The molecule has 0 radical (unpaired) electrons. The first-order valence-electron chi connectivity index (χ1n) is 7.85. The van der Waals surface area contributed by atoms with Crippen molar-refractivity contribution in [2.75, 3.05) is 0 Å². The van der Waals surface area contributed by atoms with E-state index in [2.05, 4.69) is 17.2 Å². The Morgan fingerprint density at radius 2 is 2.21 bits per heavy atom. The lowest BCUT2D eigenvalue weighted by Crippen LogP contribution is -2.25. The van der Waals surface area contributed by atoms with Crippen LogP contribution in [0.15, 0.2) is 23.0 Å². The molecular formula is C17H15Cl2N3OS. The summed E-state index contributed by atoms with van der Waals surface area (Å²) in [4.78, 5) is 15.0. The van der Waals surface area contributed by atoms with Gasteiger partial charge >= 0.3 is 0 Å². The maximum absolute atomic E-state index is 12.9. The van der Waals surface area contributed by atoms with E-state index in [1.54, 1.807) is 23.5 Å². The molecular weight excluding hydrogens is 365 g/mol. The molecule has 2 aromatic heterocycles. The van der Waals surface area contributed by atoms with Gasteiger partial charge in [-0.25, -0.2) is 4.68 Å². The summed E-state index contributed by atoms with van der Waals surface area (Å²) >= 11 is 13.7. The average molecular weight is 380 g/mol. The molecule has 0 bridgehead atoms. The van der Waals surface area contributed by atoms with Gasteiger partial charge in [-0.3, -0.25) is 4.79 Å². The third-order valence-corrected chi connectivity index (χ3v) is 6.25. The molecule has 0 saturated carbocycles. The van der Waals surface area contributed by atoms with E-state index in [4.69, 9.17) is 23.2 Å². The van der Waals surface area contributed by atoms with Gasteiger partial charge in [0.25, 0.3) is 5.56 Å². The Balaban J connectivity index is 1.80. The molecule has 0 fully saturated rings. The minimum Gasteiger partial charge on any atom is -0.267 e. The van der Waals surface area contributed by atoms with E-state index in [9.17, 15) is 4.79 Å². The van der Waals surface area contributed by atoms with Gasteiger partial charge in [-0.05, 0) is 48.4 Å². The van der Waals surface area contributed by atoms with Gasteiger partial charge in [0.05, 0.1) is 11.9 Å². The summed E-state index contributed by atoms with van der Waals surface area (Å²) in [6.07, 6.45) is 3.08. The van der Waals surface area contributed by atoms with Gasteiger partial charge in [-0.2, -0.15) is 0 Å². The van der Waals surface area contributed by atoms with Crippen molar-refractivity contribution in [1.82, 2.24) is 15.0 Å². The number of rotatable bonds is 2. The summed E-state index contributed by atoms with van der Waals surface area (Å²) < 4.78 is 1.39. The smallest absolute Gasteiger partial charge is 0.267 e. The topological polar surface area (TPSA) is 47.8 Å². The van der Waals surface area contributed by atoms with Gasteiger partial charge in [0.15, 0.2) is 4.83 Å². The third-order valence-electron chi connectivity index (χ3n) is 4.52. The highest BCUT2D eigenvalue weighted by molar-refractivity contribution is 7.18. The van der Waals surface area contributed by atoms with Crippen LogP contribution >= 0.6 is 34.5 Å². The predicted molar refractivity (Wildman–Crippen MR) is 98.4 cm³/mol. The molecule has 1 aromatic carbocycles. The second-order valence-electron chi connectivity index (χ2n) is 6.32. The molecule has 124 valence electrons. The molecule has 0 N–H and O–H groups in total. The number of aryl methyl sites for hydroxylation is 1. The molecule has 24 heavy (non-hydrogen) atoms. The average Bonchev–Trinajstić information content (AvgIpc) is 2.90. The zero-order valence-electron chi connectivity index (χ0n) is 13.1. The molecule has 7 heteroatoms. The highest BCUT2D eigenvalue weighted by Crippen LogP contribution is 2.35. The monoisotopic (exact) mass is 379 g/mol. The van der Waals surface area contributed by atoms with E-state index in [1.165, 1.54) is 15.1 Å². The Bertz CT molecular complexity index is 995. The highest BCUT2D eigenvalue weighted by atomic mass is 35.5. The number of halogens is 2. The number of hydrogen-bond donors (Lipinski definition) is 0. The van der Waals surface area contributed by atoms with Crippen molar-refractivity contribution in [3.63, 3.8) is 0 Å². The van der Waals surface area contributed by atoms with Crippen LogP contribution in [-0.4, -0.2) is 15.0 Å². The fourth-order valence-corrected chi connectivity index (χ4v) is 4.99. The van der Waals surface area contributed by atoms with E-state index in [0.717, 1.165) is 35.0 Å². The zero-order valence-corrected chi connectivity index (χ0v) is 15.4. The van der Waals surface area contributed by atoms with Crippen LogP contribution in [0.2, 0.25) is 10.0 Å². The predicted octanol–water partition coefficient (Wildman–Crippen LogP) is 4.33. The van der Waals surface area contributed by atoms with E-state index in [0.29, 0.717) is 22.5 Å². The van der Waals surface area contributed by atoms with Crippen molar-refractivity contribution in [3.05, 3.63) is 54.6 Å². The Hall–Kier alpha value is -1.43. The summed E-state index contributed by atoms with van der Waals surface area (Å²) in [6, 6.07) is 5.24. The van der Waals surface area contributed by atoms with E-state index in [1.807, 2.05) is 6.07 Å². The van der Waals surface area contributed by atoms with Gasteiger partial charge in [0.2, 0.25) is 0 Å². The van der Waals surface area contributed by atoms with Gasteiger partial charge in [-0.1, -0.05) is 41.4 Å². The Morgan fingerprint density at radius 1 is 1.38 bits per heavy atom. The highest BCUT2D eigenvalue weighted by Gasteiger charge is 2.23. The second-order valence-corrected chi connectivity index (χ2v) is 8.25. The molecule has 3 aromatic rings. The first-order valence-corrected chi connectivity index (χ1v) is 9.42. The zero-order chi connectivity index (χ0) is 16.8. The lowest BCUT2D eigenvalue weighted by atomic mass is 9.89. The van der Waals surface area contributed by atoms with E-state index in [-0.39, 0.29) is 5.56 Å². The number of fused-ring (bicyclic) bond motifs is 3. The SMILES string of the molecule is CC1CCc2c(sc3nnn(Cc4ccc(Cl)cc4Cl)c(=O)c23)C1. The molecule has 0 amide bonds. The number of thiophene rings is 1. The van der Waals surface area contributed by atoms with Crippen molar-refractivity contribution in [1.29, 1.82) is 0 Å². The van der Waals surface area contributed by atoms with Crippen molar-refractivity contribution in [2.45, 2.75) is 32.7 Å². The maximum atomic E-state index is 12.9. The van der Waals surface area contributed by atoms with Crippen LogP contribution in [0.4, 0.5) is 0 Å². The maximum Gasteiger partial charge on any atom is 0.279 e. The molecule has 1 aliphatic carbocycles. The van der Waals surface area contributed by atoms with Crippen LogP contribution in [0.5, 0.6) is 0 Å². The number of aromatic nitrogens is 3. The quantitative estimate of drug-likeness (QED) is 0.665. The van der Waals surface area contributed by atoms with Crippen LogP contribution in [0, 0.1) is 5.92 Å². The van der Waals surface area contributed by atoms with Crippen LogP contribution in [0.1, 0.15) is 29.3 Å². The van der Waals surface area contributed by atoms with E-state index < -0.39 is 0 Å². The molecule has 4 rings (SSSR count). The lowest BCUT2D eigenvalue weighted by molar-refractivity contribution is 0.508. The molecule has 1 aliphatic rings. The first kappa shape index (κ1) is 16.1. The molecule has 2 heterocycles. The van der Waals surface area contributed by atoms with Crippen LogP contribution in [-0.2, 0) is 19.4 Å². The normalized spacial score (nSPS) is 17.2. The Morgan fingerprint density at radius 3 is 3.00 bits per heavy atom. The second kappa shape index (κ2) is 6.14. The first-order chi connectivity index (χ1) is 11.5. The summed E-state index contributed by atoms with van der Waals surface area (Å²) in [5.74, 6) is 0.661. The fraction of sp³-hybridized carbons (Fsp3) is 0.353. The summed E-state index contributed by atoms with van der Waals surface area (Å²) in [6.45, 7) is 2.54. The summed E-state index contributed by atoms with van der Waals surface area (Å²) in [5.41, 5.74) is 1.89. The minimum atomic E-state index is -0.0851. The Kier molecular flexibility index (Phi) is 4.11. The standard InChI is InChI=1S/C17H15Cl2N3OS/c1-9-2-5-12-14(6-9)24-16-15(12)17(23)22(21-20-16)8-10-3-4-11(18)7-13(10)19/h3-4,7,9H,2,5-6,8H2,1H3. The third kappa shape index (κ3) is 2.75. The van der Waals surface area contributed by atoms with Crippen molar-refractivity contribution < 1.29 is 0 Å². The van der Waals surface area contributed by atoms with Gasteiger partial charge in [0.1, 0.15) is 0 Å². The molecule has 0 saturated heterocycles. The molecule has 0 aliphatic heterocycles. The summed E-state index contributed by atoms with van der Waals surface area (Å²) in [5, 5.41) is 10.2. The van der Waals surface area contributed by atoms with Crippen LogP contribution in [0.25, 0.3) is 10.2 Å². The number of benzene rings is 1. The van der Waals surface area contributed by atoms with Crippen molar-refractivity contribution in [2.24, 2.45) is 5.92 Å². The van der Waals surface area contributed by atoms with Crippen LogP contribution < -0.4 is 5.56 Å². The van der Waals surface area contributed by atoms with Gasteiger partial charge in [-0.15, -0.1) is 16.4 Å². The molecule has 0 spiro atoms. The minimum absolute atomic E-state index is 0.0851. The Labute approximate surface area is 153 Å². The van der Waals surface area contributed by atoms with Crippen molar-refractivity contribution in [3.8, 4) is 0 Å². The number of nitrogens with zero attached hydrogens (tertiary/aromatic N) is 3. The molecule has 1 atom stereocenters. The number of hydrogen-bond acceptors (Lipinski definition) is 4.